The molecule has 1 aliphatic rings. The Balaban J connectivity index is 1.79. The molecule has 0 spiro atoms. The smallest absolute Gasteiger partial charge is 0.268 e. The second-order valence-electron chi connectivity index (χ2n) is 5.70. The number of rotatable bonds is 3. The fourth-order valence-corrected chi connectivity index (χ4v) is 3.95. The summed E-state index contributed by atoms with van der Waals surface area (Å²) >= 11 is 1.61. The highest BCUT2D eigenvalue weighted by Gasteiger charge is 2.25. The maximum Gasteiger partial charge on any atom is 0.268 e. The van der Waals surface area contributed by atoms with Crippen molar-refractivity contribution >= 4 is 21.6 Å². The summed E-state index contributed by atoms with van der Waals surface area (Å²) in [5, 5.41) is 0.867. The molecule has 1 fully saturated rings. The summed E-state index contributed by atoms with van der Waals surface area (Å²) in [4.78, 5) is 14.8. The van der Waals surface area contributed by atoms with Crippen molar-refractivity contribution in [1.82, 2.24) is 8.86 Å². The van der Waals surface area contributed by atoms with Gasteiger partial charge in [-0.25, -0.2) is 0 Å². The lowest BCUT2D eigenvalue weighted by atomic mass is 10.1. The summed E-state index contributed by atoms with van der Waals surface area (Å²) in [6.07, 6.45) is 1.21. The molecule has 1 aromatic heterocycles. The van der Waals surface area contributed by atoms with Gasteiger partial charge in [-0.15, -0.1) is 0 Å². The van der Waals surface area contributed by atoms with Gasteiger partial charge < -0.3 is 4.90 Å². The zero-order valence-electron chi connectivity index (χ0n) is 11.5. The van der Waals surface area contributed by atoms with Crippen molar-refractivity contribution in [2.45, 2.75) is 32.9 Å². The highest BCUT2D eigenvalue weighted by molar-refractivity contribution is 7.13. The van der Waals surface area contributed by atoms with E-state index in [4.69, 9.17) is 0 Å². The molecule has 0 saturated carbocycles. The number of fused-ring (bicyclic) bond motifs is 1. The van der Waals surface area contributed by atoms with E-state index in [2.05, 4.69) is 18.7 Å². The minimum absolute atomic E-state index is 0.184. The van der Waals surface area contributed by atoms with Crippen LogP contribution in [0.1, 0.15) is 20.3 Å². The normalized spacial score (nSPS) is 20.7. The first-order valence-corrected chi connectivity index (χ1v) is 7.75. The molecule has 3 rings (SSSR count). The average Bonchev–Trinajstić information content (AvgIpc) is 2.97. The van der Waals surface area contributed by atoms with E-state index < -0.39 is 0 Å². The number of nitrogens with zero attached hydrogens (tertiary/aromatic N) is 2. The van der Waals surface area contributed by atoms with Crippen LogP contribution in [0.4, 0.5) is 0 Å². The van der Waals surface area contributed by atoms with Crippen LogP contribution in [-0.4, -0.2) is 28.0 Å². The number of hydrogen-bond donors (Lipinski definition) is 0. The topological polar surface area (TPSA) is 25.2 Å². The highest BCUT2D eigenvalue weighted by Crippen LogP contribution is 2.22. The van der Waals surface area contributed by atoms with E-state index in [0.29, 0.717) is 12.0 Å². The molecule has 0 bridgehead atoms. The van der Waals surface area contributed by atoms with E-state index in [0.717, 1.165) is 23.2 Å². The minimum Gasteiger partial charge on any atom is -0.301 e. The van der Waals surface area contributed by atoms with E-state index >= 15 is 0 Å². The lowest BCUT2D eigenvalue weighted by molar-refractivity contribution is 0.261. The van der Waals surface area contributed by atoms with Crippen LogP contribution in [0, 0.1) is 5.92 Å². The Morgan fingerprint density at radius 2 is 2.16 bits per heavy atom. The minimum atomic E-state index is 0.184. The van der Waals surface area contributed by atoms with Gasteiger partial charge in [0.25, 0.3) is 5.56 Å². The summed E-state index contributed by atoms with van der Waals surface area (Å²) in [5.74, 6) is 0.619. The molecule has 1 atom stereocenters. The molecule has 0 aliphatic carbocycles. The summed E-state index contributed by atoms with van der Waals surface area (Å²) in [6, 6.07) is 8.52. The number of likely N-dealkylation sites (tertiary alicyclic amines) is 1. The van der Waals surface area contributed by atoms with Crippen LogP contribution < -0.4 is 5.56 Å². The molecule has 1 saturated heterocycles. The Morgan fingerprint density at radius 3 is 2.84 bits per heavy atom. The predicted molar refractivity (Wildman–Crippen MR) is 80.9 cm³/mol. The average molecular weight is 276 g/mol. The van der Waals surface area contributed by atoms with Gasteiger partial charge >= 0.3 is 0 Å². The second kappa shape index (κ2) is 5.10. The Hall–Kier alpha value is -1.13. The van der Waals surface area contributed by atoms with Gasteiger partial charge in [-0.05, 0) is 44.9 Å². The summed E-state index contributed by atoms with van der Waals surface area (Å²) in [7, 11) is 0. The van der Waals surface area contributed by atoms with Crippen LogP contribution in [0.2, 0.25) is 0 Å². The summed E-state index contributed by atoms with van der Waals surface area (Å²) in [6.45, 7) is 7.66. The Kier molecular flexibility index (Phi) is 3.46. The fraction of sp³-hybridized carbons (Fsp3) is 0.533. The van der Waals surface area contributed by atoms with Crippen LogP contribution in [0.5, 0.6) is 0 Å². The molecule has 1 aliphatic heterocycles. The molecule has 0 amide bonds. The van der Waals surface area contributed by atoms with Crippen molar-refractivity contribution in [3.05, 3.63) is 34.6 Å². The van der Waals surface area contributed by atoms with Gasteiger partial charge in [0.15, 0.2) is 0 Å². The summed E-state index contributed by atoms with van der Waals surface area (Å²) in [5.41, 5.74) is 0.184. The molecule has 0 N–H and O–H groups in total. The van der Waals surface area contributed by atoms with Gasteiger partial charge in [-0.1, -0.05) is 23.7 Å². The number of benzene rings is 1. The third-order valence-corrected chi connectivity index (χ3v) is 5.11. The van der Waals surface area contributed by atoms with E-state index in [1.165, 1.54) is 13.0 Å². The molecule has 102 valence electrons. The summed E-state index contributed by atoms with van der Waals surface area (Å²) < 4.78 is 3.05. The lowest BCUT2D eigenvalue weighted by Gasteiger charge is -2.20. The van der Waals surface area contributed by atoms with Crippen molar-refractivity contribution in [2.75, 3.05) is 13.1 Å². The second-order valence-corrected chi connectivity index (χ2v) is 6.76. The SMILES string of the molecule is CC(C)N1CCC(Cn2sc3ccccc3c2=O)C1. The monoisotopic (exact) mass is 276 g/mol. The van der Waals surface area contributed by atoms with Crippen LogP contribution in [0.15, 0.2) is 29.1 Å². The van der Waals surface area contributed by atoms with E-state index in [1.54, 1.807) is 11.5 Å². The molecule has 3 nitrogen and oxygen atoms in total. The fourth-order valence-electron chi connectivity index (χ4n) is 2.85. The maximum atomic E-state index is 12.3. The third-order valence-electron chi connectivity index (χ3n) is 4.02. The van der Waals surface area contributed by atoms with Gasteiger partial charge in [-0.2, -0.15) is 0 Å². The zero-order chi connectivity index (χ0) is 13.4. The van der Waals surface area contributed by atoms with E-state index in [-0.39, 0.29) is 5.56 Å². The molecule has 1 aromatic carbocycles. The van der Waals surface area contributed by atoms with Crippen molar-refractivity contribution in [3.8, 4) is 0 Å². The Morgan fingerprint density at radius 1 is 1.37 bits per heavy atom. The van der Waals surface area contributed by atoms with E-state index in [9.17, 15) is 4.79 Å². The van der Waals surface area contributed by atoms with Crippen molar-refractivity contribution in [2.24, 2.45) is 5.92 Å². The lowest BCUT2D eigenvalue weighted by Crippen LogP contribution is -2.29. The first-order valence-electron chi connectivity index (χ1n) is 6.98. The highest BCUT2D eigenvalue weighted by atomic mass is 32.1. The van der Waals surface area contributed by atoms with Gasteiger partial charge in [0, 0.05) is 19.1 Å². The predicted octanol–water partition coefficient (Wildman–Crippen LogP) is 2.79. The molecular weight excluding hydrogens is 256 g/mol. The van der Waals surface area contributed by atoms with E-state index in [1.807, 2.05) is 28.2 Å². The molecule has 4 heteroatoms. The Labute approximate surface area is 117 Å². The van der Waals surface area contributed by atoms with Gasteiger partial charge in [0.2, 0.25) is 0 Å². The maximum absolute atomic E-state index is 12.3. The molecular formula is C15H20N2OS. The van der Waals surface area contributed by atoms with Gasteiger partial charge in [0.05, 0.1) is 10.1 Å². The Bertz CT molecular complexity index is 628. The van der Waals surface area contributed by atoms with Crippen molar-refractivity contribution in [1.29, 1.82) is 0 Å². The zero-order valence-corrected chi connectivity index (χ0v) is 12.3. The van der Waals surface area contributed by atoms with Gasteiger partial charge in [0.1, 0.15) is 0 Å². The van der Waals surface area contributed by atoms with Crippen LogP contribution >= 0.6 is 11.5 Å². The van der Waals surface area contributed by atoms with Crippen molar-refractivity contribution < 1.29 is 0 Å². The van der Waals surface area contributed by atoms with Gasteiger partial charge in [-0.3, -0.25) is 8.75 Å². The molecule has 19 heavy (non-hydrogen) atoms. The first-order chi connectivity index (χ1) is 9.15. The molecule has 2 heterocycles. The first kappa shape index (κ1) is 12.9. The largest absolute Gasteiger partial charge is 0.301 e. The molecule has 2 aromatic rings. The van der Waals surface area contributed by atoms with Crippen molar-refractivity contribution in [3.63, 3.8) is 0 Å². The number of hydrogen-bond acceptors (Lipinski definition) is 3. The molecule has 0 radical (unpaired) electrons. The molecule has 1 unspecified atom stereocenters. The standard InChI is InChI=1S/C15H20N2OS/c1-11(2)16-8-7-12(9-16)10-17-15(18)13-5-3-4-6-14(13)19-17/h3-6,11-12H,7-10H2,1-2H3. The van der Waals surface area contributed by atoms with Crippen LogP contribution in [0.25, 0.3) is 10.1 Å². The van der Waals surface area contributed by atoms with Crippen LogP contribution in [0.3, 0.4) is 0 Å². The number of aromatic nitrogens is 1. The third kappa shape index (κ3) is 2.47. The van der Waals surface area contributed by atoms with Crippen LogP contribution in [-0.2, 0) is 6.54 Å². The quantitative estimate of drug-likeness (QED) is 0.861.